The van der Waals surface area contributed by atoms with Crippen LogP contribution in [0.3, 0.4) is 0 Å². The molecule has 0 saturated heterocycles. The summed E-state index contributed by atoms with van der Waals surface area (Å²) >= 11 is 1.50. The summed E-state index contributed by atoms with van der Waals surface area (Å²) < 4.78 is 0. The molecule has 0 fully saturated rings. The van der Waals surface area contributed by atoms with Crippen LogP contribution < -0.4 is 11.1 Å². The van der Waals surface area contributed by atoms with E-state index in [9.17, 15) is 9.59 Å². The SMILES string of the molecule is CCCC1CCc2c(sc(NC(=O)/C=C/c3ccccc3)c2C(N)=O)C1. The quantitative estimate of drug-likeness (QED) is 0.742. The minimum Gasteiger partial charge on any atom is -0.365 e. The maximum Gasteiger partial charge on any atom is 0.251 e. The molecule has 0 radical (unpaired) electrons. The maximum absolute atomic E-state index is 12.3. The van der Waals surface area contributed by atoms with Crippen LogP contribution in [0.4, 0.5) is 5.00 Å². The summed E-state index contributed by atoms with van der Waals surface area (Å²) in [7, 11) is 0. The van der Waals surface area contributed by atoms with Gasteiger partial charge in [0.05, 0.1) is 5.56 Å². The average molecular weight is 369 g/mol. The van der Waals surface area contributed by atoms with Gasteiger partial charge in [-0.25, -0.2) is 0 Å². The third-order valence-corrected chi connectivity index (χ3v) is 5.94. The zero-order valence-corrected chi connectivity index (χ0v) is 15.8. The first-order chi connectivity index (χ1) is 12.6. The number of amides is 2. The third kappa shape index (κ3) is 4.22. The van der Waals surface area contributed by atoms with Crippen LogP contribution in [0.15, 0.2) is 36.4 Å². The molecule has 1 heterocycles. The van der Waals surface area contributed by atoms with Gasteiger partial charge in [0.2, 0.25) is 5.91 Å². The molecule has 2 aromatic rings. The molecule has 4 nitrogen and oxygen atoms in total. The molecule has 2 amide bonds. The number of nitrogens with one attached hydrogen (secondary N) is 1. The zero-order valence-electron chi connectivity index (χ0n) is 15.0. The highest BCUT2D eigenvalue weighted by Gasteiger charge is 2.28. The molecule has 26 heavy (non-hydrogen) atoms. The lowest BCUT2D eigenvalue weighted by molar-refractivity contribution is -0.111. The van der Waals surface area contributed by atoms with E-state index in [0.29, 0.717) is 16.5 Å². The second kappa shape index (κ2) is 8.32. The number of carbonyl (C=O) groups excluding carboxylic acids is 2. The van der Waals surface area contributed by atoms with Gasteiger partial charge in [-0.3, -0.25) is 9.59 Å². The summed E-state index contributed by atoms with van der Waals surface area (Å²) in [5, 5.41) is 3.44. The van der Waals surface area contributed by atoms with Crippen LogP contribution in [-0.2, 0) is 17.6 Å². The van der Waals surface area contributed by atoms with Crippen molar-refractivity contribution < 1.29 is 9.59 Å². The monoisotopic (exact) mass is 368 g/mol. The molecule has 5 heteroatoms. The van der Waals surface area contributed by atoms with Crippen LogP contribution in [0.25, 0.3) is 6.08 Å². The predicted octanol–water partition coefficient (Wildman–Crippen LogP) is 4.40. The molecule has 0 aliphatic heterocycles. The molecular weight excluding hydrogens is 344 g/mol. The van der Waals surface area contributed by atoms with Crippen molar-refractivity contribution in [3.8, 4) is 0 Å². The number of fused-ring (bicyclic) bond motifs is 1. The number of nitrogens with two attached hydrogens (primary N) is 1. The van der Waals surface area contributed by atoms with Crippen molar-refractivity contribution >= 4 is 34.2 Å². The highest BCUT2D eigenvalue weighted by Crippen LogP contribution is 2.40. The predicted molar refractivity (Wildman–Crippen MR) is 107 cm³/mol. The summed E-state index contributed by atoms with van der Waals surface area (Å²) in [6.45, 7) is 2.20. The second-order valence-corrected chi connectivity index (χ2v) is 7.81. The van der Waals surface area contributed by atoms with Crippen LogP contribution in [0, 0.1) is 5.92 Å². The molecule has 1 atom stereocenters. The lowest BCUT2D eigenvalue weighted by Gasteiger charge is -2.21. The Morgan fingerprint density at radius 1 is 1.31 bits per heavy atom. The van der Waals surface area contributed by atoms with Crippen molar-refractivity contribution in [3.63, 3.8) is 0 Å². The molecule has 0 bridgehead atoms. The molecule has 1 unspecified atom stereocenters. The smallest absolute Gasteiger partial charge is 0.251 e. The van der Waals surface area contributed by atoms with E-state index in [1.165, 1.54) is 35.1 Å². The van der Waals surface area contributed by atoms with Crippen LogP contribution in [0.5, 0.6) is 0 Å². The fourth-order valence-corrected chi connectivity index (χ4v) is 4.92. The van der Waals surface area contributed by atoms with Gasteiger partial charge in [0.25, 0.3) is 5.91 Å². The summed E-state index contributed by atoms with van der Waals surface area (Å²) in [6.07, 6.45) is 8.53. The van der Waals surface area contributed by atoms with Crippen molar-refractivity contribution in [1.82, 2.24) is 0 Å². The van der Waals surface area contributed by atoms with E-state index in [1.807, 2.05) is 30.3 Å². The van der Waals surface area contributed by atoms with Gasteiger partial charge < -0.3 is 11.1 Å². The number of anilines is 1. The highest BCUT2D eigenvalue weighted by molar-refractivity contribution is 7.17. The van der Waals surface area contributed by atoms with Gasteiger partial charge in [0.15, 0.2) is 0 Å². The Bertz CT molecular complexity index is 824. The number of hydrogen-bond acceptors (Lipinski definition) is 3. The van der Waals surface area contributed by atoms with E-state index < -0.39 is 5.91 Å². The van der Waals surface area contributed by atoms with Crippen molar-refractivity contribution in [2.45, 2.75) is 39.0 Å². The molecule has 1 aliphatic carbocycles. The Morgan fingerprint density at radius 3 is 2.77 bits per heavy atom. The molecule has 3 rings (SSSR count). The topological polar surface area (TPSA) is 72.2 Å². The molecule has 1 aromatic carbocycles. The summed E-state index contributed by atoms with van der Waals surface area (Å²) in [4.78, 5) is 25.5. The normalized spacial score (nSPS) is 16.4. The number of rotatable bonds is 6. The van der Waals surface area contributed by atoms with Gasteiger partial charge in [0, 0.05) is 11.0 Å². The first-order valence-corrected chi connectivity index (χ1v) is 9.88. The van der Waals surface area contributed by atoms with E-state index in [0.717, 1.165) is 30.4 Å². The lowest BCUT2D eigenvalue weighted by Crippen LogP contribution is -2.19. The van der Waals surface area contributed by atoms with Crippen molar-refractivity contribution in [2.75, 3.05) is 5.32 Å². The fraction of sp³-hybridized carbons (Fsp3) is 0.333. The van der Waals surface area contributed by atoms with Gasteiger partial charge in [-0.2, -0.15) is 0 Å². The standard InChI is InChI=1S/C21H24N2O2S/c1-2-6-15-9-11-16-17(13-15)26-21(19(16)20(22)25)23-18(24)12-10-14-7-4-3-5-8-14/h3-5,7-8,10,12,15H,2,6,9,11,13H2,1H3,(H2,22,25)(H,23,24)/b12-10+. The minimum absolute atomic E-state index is 0.250. The summed E-state index contributed by atoms with van der Waals surface area (Å²) in [5.74, 6) is -0.0488. The van der Waals surface area contributed by atoms with Gasteiger partial charge in [-0.05, 0) is 42.4 Å². The van der Waals surface area contributed by atoms with Crippen molar-refractivity contribution in [3.05, 3.63) is 58.0 Å². The summed E-state index contributed by atoms with van der Waals surface area (Å²) in [5.41, 5.74) is 8.11. The summed E-state index contributed by atoms with van der Waals surface area (Å²) in [6, 6.07) is 9.62. The lowest BCUT2D eigenvalue weighted by atomic mass is 9.84. The van der Waals surface area contributed by atoms with Gasteiger partial charge in [-0.1, -0.05) is 50.1 Å². The fourth-order valence-electron chi connectivity index (χ4n) is 3.55. The molecule has 136 valence electrons. The Balaban J connectivity index is 1.78. The van der Waals surface area contributed by atoms with E-state index >= 15 is 0 Å². The number of primary amides is 1. The minimum atomic E-state index is -0.459. The molecule has 1 aliphatic rings. The van der Waals surface area contributed by atoms with E-state index in [4.69, 9.17) is 5.73 Å². The van der Waals surface area contributed by atoms with Crippen LogP contribution in [0.2, 0.25) is 0 Å². The van der Waals surface area contributed by atoms with E-state index in [1.54, 1.807) is 6.08 Å². The van der Waals surface area contributed by atoms with Crippen LogP contribution in [0.1, 0.15) is 52.5 Å². The van der Waals surface area contributed by atoms with Gasteiger partial charge in [-0.15, -0.1) is 11.3 Å². The molecular formula is C21H24N2O2S. The zero-order chi connectivity index (χ0) is 18.5. The van der Waals surface area contributed by atoms with Crippen LogP contribution in [-0.4, -0.2) is 11.8 Å². The first kappa shape index (κ1) is 18.4. The Labute approximate surface area is 158 Å². The molecule has 1 aromatic heterocycles. The first-order valence-electron chi connectivity index (χ1n) is 9.07. The number of carbonyl (C=O) groups is 2. The van der Waals surface area contributed by atoms with E-state index in [2.05, 4.69) is 12.2 Å². The Kier molecular flexibility index (Phi) is 5.89. The third-order valence-electron chi connectivity index (χ3n) is 4.77. The molecule has 0 spiro atoms. The van der Waals surface area contributed by atoms with Crippen molar-refractivity contribution in [2.24, 2.45) is 11.7 Å². The van der Waals surface area contributed by atoms with Gasteiger partial charge >= 0.3 is 0 Å². The van der Waals surface area contributed by atoms with Crippen LogP contribution >= 0.6 is 11.3 Å². The largest absolute Gasteiger partial charge is 0.365 e. The van der Waals surface area contributed by atoms with Gasteiger partial charge in [0.1, 0.15) is 5.00 Å². The average Bonchev–Trinajstić information content (AvgIpc) is 2.98. The second-order valence-electron chi connectivity index (χ2n) is 6.70. The van der Waals surface area contributed by atoms with E-state index in [-0.39, 0.29) is 5.91 Å². The maximum atomic E-state index is 12.3. The Hall–Kier alpha value is -2.40. The molecule has 0 saturated carbocycles. The van der Waals surface area contributed by atoms with Crippen molar-refractivity contribution in [1.29, 1.82) is 0 Å². The molecule has 3 N–H and O–H groups in total. The Morgan fingerprint density at radius 2 is 2.08 bits per heavy atom. The number of hydrogen-bond donors (Lipinski definition) is 2. The highest BCUT2D eigenvalue weighted by atomic mass is 32.1. The number of benzene rings is 1. The number of thiophene rings is 1.